The number of fused-ring (bicyclic) bond motifs is 3. The van der Waals surface area contributed by atoms with Gasteiger partial charge in [-0.25, -0.2) is 0 Å². The third-order valence-corrected chi connectivity index (χ3v) is 7.26. The van der Waals surface area contributed by atoms with Gasteiger partial charge in [0.05, 0.1) is 0 Å². The van der Waals surface area contributed by atoms with Crippen LogP contribution in [0, 0.1) is 3.57 Å². The fraction of sp³-hybridized carbons (Fsp3) is 0.571. The molecule has 0 radical (unpaired) electrons. The Morgan fingerprint density at radius 1 is 0.645 bits per heavy atom. The van der Waals surface area contributed by atoms with Gasteiger partial charge in [-0.1, -0.05) is 90.4 Å². The number of nitrogen functional groups attached to an aromatic ring is 1. The molecule has 0 aliphatic rings. The highest BCUT2D eigenvalue weighted by atomic mass is 127. The van der Waals surface area contributed by atoms with Crippen molar-refractivity contribution in [2.24, 2.45) is 0 Å². The summed E-state index contributed by atoms with van der Waals surface area (Å²) in [6, 6.07) is 13.1. The van der Waals surface area contributed by atoms with Gasteiger partial charge in [-0.15, -0.1) is 0 Å². The number of halogens is 1. The number of hydrogen-bond acceptors (Lipinski definition) is 1. The predicted molar refractivity (Wildman–Crippen MR) is 147 cm³/mol. The zero-order valence-electron chi connectivity index (χ0n) is 19.5. The molecule has 2 N–H and O–H groups in total. The first-order chi connectivity index (χ1) is 15.2. The van der Waals surface area contributed by atoms with Crippen LogP contribution in [0.1, 0.15) is 96.8 Å². The SMILES string of the molecule is CCCCCCCCCCCCCCCCn1c2ccc(N)cc2c2cc(I)ccc21. The minimum absolute atomic E-state index is 0.849. The minimum atomic E-state index is 0.849. The molecule has 0 amide bonds. The molecular weight excluding hydrogens is 491 g/mol. The third kappa shape index (κ3) is 7.40. The number of nitrogens with two attached hydrogens (primary N) is 1. The van der Waals surface area contributed by atoms with E-state index in [4.69, 9.17) is 5.73 Å². The first-order valence-corrected chi connectivity index (χ1v) is 13.8. The van der Waals surface area contributed by atoms with E-state index in [1.165, 1.54) is 115 Å². The Morgan fingerprint density at radius 3 is 1.71 bits per heavy atom. The van der Waals surface area contributed by atoms with Crippen molar-refractivity contribution in [3.05, 3.63) is 40.0 Å². The highest BCUT2D eigenvalue weighted by Gasteiger charge is 2.11. The Morgan fingerprint density at radius 2 is 1.13 bits per heavy atom. The number of anilines is 1. The molecule has 3 aromatic rings. The Kier molecular flexibility index (Phi) is 10.5. The second-order valence-electron chi connectivity index (χ2n) is 9.19. The Balaban J connectivity index is 1.35. The van der Waals surface area contributed by atoms with Gasteiger partial charge >= 0.3 is 0 Å². The van der Waals surface area contributed by atoms with E-state index in [1.54, 1.807) is 0 Å². The average molecular weight is 533 g/mol. The third-order valence-electron chi connectivity index (χ3n) is 6.59. The van der Waals surface area contributed by atoms with E-state index < -0.39 is 0 Å². The lowest BCUT2D eigenvalue weighted by Gasteiger charge is -2.08. The van der Waals surface area contributed by atoms with Crippen LogP contribution in [-0.4, -0.2) is 4.57 Å². The maximum absolute atomic E-state index is 6.08. The molecule has 0 fully saturated rings. The zero-order chi connectivity index (χ0) is 21.9. The molecule has 0 saturated heterocycles. The van der Waals surface area contributed by atoms with Crippen molar-refractivity contribution in [3.8, 4) is 0 Å². The van der Waals surface area contributed by atoms with Gasteiger partial charge in [-0.3, -0.25) is 0 Å². The second-order valence-corrected chi connectivity index (χ2v) is 10.4. The summed E-state index contributed by atoms with van der Waals surface area (Å²) in [5, 5.41) is 2.62. The van der Waals surface area contributed by atoms with Crippen molar-refractivity contribution < 1.29 is 0 Å². The number of unbranched alkanes of at least 4 members (excludes halogenated alkanes) is 13. The molecule has 1 heterocycles. The monoisotopic (exact) mass is 532 g/mol. The molecule has 3 heteroatoms. The van der Waals surface area contributed by atoms with Crippen LogP contribution in [-0.2, 0) is 6.54 Å². The van der Waals surface area contributed by atoms with Gasteiger partial charge in [0, 0.05) is 37.6 Å². The van der Waals surface area contributed by atoms with E-state index in [1.807, 2.05) is 6.07 Å². The van der Waals surface area contributed by atoms with Gasteiger partial charge in [0.25, 0.3) is 0 Å². The van der Waals surface area contributed by atoms with Crippen molar-refractivity contribution in [1.29, 1.82) is 0 Å². The minimum Gasteiger partial charge on any atom is -0.399 e. The van der Waals surface area contributed by atoms with E-state index in [9.17, 15) is 0 Å². The maximum atomic E-state index is 6.08. The topological polar surface area (TPSA) is 30.9 Å². The van der Waals surface area contributed by atoms with Crippen LogP contribution in [0.4, 0.5) is 5.69 Å². The predicted octanol–water partition coefficient (Wildman–Crippen LogP) is 9.46. The number of hydrogen-bond donors (Lipinski definition) is 1. The van der Waals surface area contributed by atoms with E-state index in [0.717, 1.165) is 12.2 Å². The molecule has 0 atom stereocenters. The number of aromatic nitrogens is 1. The fourth-order valence-electron chi connectivity index (χ4n) is 4.80. The van der Waals surface area contributed by atoms with Crippen LogP contribution in [0.3, 0.4) is 0 Å². The summed E-state index contributed by atoms with van der Waals surface area (Å²) in [5.74, 6) is 0. The Labute approximate surface area is 203 Å². The molecule has 0 aliphatic heterocycles. The lowest BCUT2D eigenvalue weighted by Crippen LogP contribution is -1.98. The molecule has 31 heavy (non-hydrogen) atoms. The van der Waals surface area contributed by atoms with Gasteiger partial charge in [0.15, 0.2) is 0 Å². The van der Waals surface area contributed by atoms with Crippen molar-refractivity contribution in [2.45, 2.75) is 103 Å². The lowest BCUT2D eigenvalue weighted by atomic mass is 10.0. The van der Waals surface area contributed by atoms with Crippen molar-refractivity contribution in [1.82, 2.24) is 4.57 Å². The first kappa shape index (κ1) is 24.4. The summed E-state index contributed by atoms with van der Waals surface area (Å²) >= 11 is 2.40. The van der Waals surface area contributed by atoms with Crippen molar-refractivity contribution in [3.63, 3.8) is 0 Å². The first-order valence-electron chi connectivity index (χ1n) is 12.7. The van der Waals surface area contributed by atoms with Gasteiger partial charge in [0.2, 0.25) is 0 Å². The van der Waals surface area contributed by atoms with E-state index >= 15 is 0 Å². The highest BCUT2D eigenvalue weighted by Crippen LogP contribution is 2.32. The van der Waals surface area contributed by atoms with Crippen LogP contribution in [0.15, 0.2) is 36.4 Å². The number of benzene rings is 2. The molecule has 170 valence electrons. The Hall–Kier alpha value is -1.23. The van der Waals surface area contributed by atoms with Gasteiger partial charge in [-0.05, 0) is 65.4 Å². The second kappa shape index (κ2) is 13.3. The zero-order valence-corrected chi connectivity index (χ0v) is 21.6. The molecule has 0 unspecified atom stereocenters. The van der Waals surface area contributed by atoms with E-state index in [0.29, 0.717) is 0 Å². The number of nitrogens with zero attached hydrogens (tertiary/aromatic N) is 1. The molecule has 0 bridgehead atoms. The summed E-state index contributed by atoms with van der Waals surface area (Å²) in [6.45, 7) is 3.39. The fourth-order valence-corrected chi connectivity index (χ4v) is 5.29. The lowest BCUT2D eigenvalue weighted by molar-refractivity contribution is 0.528. The van der Waals surface area contributed by atoms with Crippen LogP contribution in [0.2, 0.25) is 0 Å². The smallest absolute Gasteiger partial charge is 0.0492 e. The molecule has 0 spiro atoms. The van der Waals surface area contributed by atoms with Gasteiger partial charge in [0.1, 0.15) is 0 Å². The van der Waals surface area contributed by atoms with Crippen LogP contribution < -0.4 is 5.73 Å². The number of aryl methyl sites for hydroxylation is 1. The quantitative estimate of drug-likeness (QED) is 0.118. The summed E-state index contributed by atoms with van der Waals surface area (Å²) in [6.07, 6.45) is 19.7. The average Bonchev–Trinajstić information content (AvgIpc) is 3.06. The summed E-state index contributed by atoms with van der Waals surface area (Å²) in [4.78, 5) is 0. The normalized spacial score (nSPS) is 11.7. The van der Waals surface area contributed by atoms with Gasteiger partial charge in [-0.2, -0.15) is 0 Å². The van der Waals surface area contributed by atoms with Crippen LogP contribution >= 0.6 is 22.6 Å². The molecule has 1 aromatic heterocycles. The number of rotatable bonds is 15. The molecule has 0 saturated carbocycles. The van der Waals surface area contributed by atoms with E-state index in [2.05, 4.69) is 64.4 Å². The van der Waals surface area contributed by atoms with Crippen LogP contribution in [0.5, 0.6) is 0 Å². The molecule has 3 rings (SSSR count). The standard InChI is InChI=1S/C28H41IN2/c1-2-3-4-5-6-7-8-9-10-11-12-13-14-15-20-31-27-18-16-23(29)21-25(27)26-22-24(30)17-19-28(26)31/h16-19,21-22H,2-15,20,30H2,1H3. The maximum Gasteiger partial charge on any atom is 0.0492 e. The molecular formula is C28H41IN2. The molecule has 2 nitrogen and oxygen atoms in total. The van der Waals surface area contributed by atoms with E-state index in [-0.39, 0.29) is 0 Å². The van der Waals surface area contributed by atoms with Gasteiger partial charge < -0.3 is 10.3 Å². The van der Waals surface area contributed by atoms with Crippen LogP contribution in [0.25, 0.3) is 21.8 Å². The van der Waals surface area contributed by atoms with Crippen molar-refractivity contribution >= 4 is 50.1 Å². The largest absolute Gasteiger partial charge is 0.399 e. The molecule has 2 aromatic carbocycles. The van der Waals surface area contributed by atoms with Crippen molar-refractivity contribution in [2.75, 3.05) is 5.73 Å². The summed E-state index contributed by atoms with van der Waals surface area (Å²) in [7, 11) is 0. The molecule has 0 aliphatic carbocycles. The summed E-state index contributed by atoms with van der Waals surface area (Å²) in [5.41, 5.74) is 9.59. The summed E-state index contributed by atoms with van der Waals surface area (Å²) < 4.78 is 3.78. The highest BCUT2D eigenvalue weighted by molar-refractivity contribution is 14.1. The Bertz CT molecular complexity index is 868.